The fourth-order valence-corrected chi connectivity index (χ4v) is 5.20. The van der Waals surface area contributed by atoms with E-state index in [-0.39, 0.29) is 0 Å². The summed E-state index contributed by atoms with van der Waals surface area (Å²) in [5.74, 6) is 1.78. The molecule has 3 heterocycles. The fraction of sp³-hybridized carbons (Fsp3) is 0.407. The van der Waals surface area contributed by atoms with Crippen LogP contribution in [0.4, 0.5) is 11.5 Å². The number of nitrogens with one attached hydrogen (secondary N) is 1. The minimum Gasteiger partial charge on any atom is -0.378 e. The summed E-state index contributed by atoms with van der Waals surface area (Å²) in [4.78, 5) is 9.53. The summed E-state index contributed by atoms with van der Waals surface area (Å²) in [5, 5.41) is 5.47. The number of aromatic nitrogens is 1. The van der Waals surface area contributed by atoms with Crippen molar-refractivity contribution in [3.05, 3.63) is 65.7 Å². The molecule has 1 aromatic heterocycles. The van der Waals surface area contributed by atoms with Crippen LogP contribution in [0.25, 0.3) is 10.9 Å². The van der Waals surface area contributed by atoms with Gasteiger partial charge in [0.15, 0.2) is 5.11 Å². The van der Waals surface area contributed by atoms with Gasteiger partial charge in [0.25, 0.3) is 0 Å². The lowest BCUT2D eigenvalue weighted by atomic mass is 9.90. The highest BCUT2D eigenvalue weighted by molar-refractivity contribution is 7.80. The zero-order valence-electron chi connectivity index (χ0n) is 19.3. The molecule has 2 saturated heterocycles. The maximum absolute atomic E-state index is 5.77. The molecule has 33 heavy (non-hydrogen) atoms. The van der Waals surface area contributed by atoms with Gasteiger partial charge < -0.3 is 19.9 Å². The van der Waals surface area contributed by atoms with Gasteiger partial charge in [0.1, 0.15) is 5.82 Å². The van der Waals surface area contributed by atoms with E-state index in [1.165, 1.54) is 29.4 Å². The second kappa shape index (κ2) is 10.1. The zero-order valence-corrected chi connectivity index (χ0v) is 20.1. The number of ether oxygens (including phenoxy) is 1. The molecule has 0 bridgehead atoms. The van der Waals surface area contributed by atoms with Gasteiger partial charge in [0.05, 0.1) is 18.7 Å². The summed E-state index contributed by atoms with van der Waals surface area (Å²) in [5.41, 5.74) is 4.73. The Morgan fingerprint density at radius 1 is 1.03 bits per heavy atom. The first-order chi connectivity index (χ1) is 16.2. The van der Waals surface area contributed by atoms with Crippen LogP contribution in [-0.2, 0) is 11.2 Å². The van der Waals surface area contributed by atoms with Gasteiger partial charge in [-0.3, -0.25) is 0 Å². The molecule has 0 radical (unpaired) electrons. The number of thiocarbonyl (C=S) groups is 1. The molecule has 6 heteroatoms. The molecule has 172 valence electrons. The fourth-order valence-electron chi connectivity index (χ4n) is 4.90. The Bertz CT molecular complexity index is 1110. The third-order valence-corrected chi connectivity index (χ3v) is 7.22. The molecule has 5 rings (SSSR count). The van der Waals surface area contributed by atoms with Gasteiger partial charge in [-0.25, -0.2) is 4.98 Å². The molecule has 3 aromatic rings. The van der Waals surface area contributed by atoms with Gasteiger partial charge in [0, 0.05) is 37.3 Å². The molecule has 0 spiro atoms. The first-order valence-corrected chi connectivity index (χ1v) is 12.4. The number of nitrogens with zero attached hydrogens (tertiary/aromatic N) is 3. The number of likely N-dealkylation sites (tertiary alicyclic amines) is 1. The Balaban J connectivity index is 1.21. The van der Waals surface area contributed by atoms with Crippen molar-refractivity contribution >= 4 is 39.7 Å². The van der Waals surface area contributed by atoms with E-state index in [2.05, 4.69) is 76.6 Å². The molecular weight excluding hydrogens is 428 g/mol. The highest BCUT2D eigenvalue weighted by Gasteiger charge is 2.21. The van der Waals surface area contributed by atoms with E-state index in [4.69, 9.17) is 21.9 Å². The average Bonchev–Trinajstić information content (AvgIpc) is 2.86. The SMILES string of the molecule is Cc1cc(N2CCOCC2)nc2ccc(NC(=S)N3CCC(Cc4ccccc4)CC3)cc12. The smallest absolute Gasteiger partial charge is 0.173 e. The molecule has 2 fully saturated rings. The predicted molar refractivity (Wildman–Crippen MR) is 140 cm³/mol. The van der Waals surface area contributed by atoms with Gasteiger partial charge in [-0.15, -0.1) is 0 Å². The van der Waals surface area contributed by atoms with Crippen molar-refractivity contribution in [1.82, 2.24) is 9.88 Å². The van der Waals surface area contributed by atoms with E-state index >= 15 is 0 Å². The number of pyridine rings is 1. The molecule has 0 amide bonds. The van der Waals surface area contributed by atoms with Gasteiger partial charge in [-0.2, -0.15) is 0 Å². The van der Waals surface area contributed by atoms with E-state index in [1.807, 2.05) is 0 Å². The normalized spacial score (nSPS) is 17.4. The average molecular weight is 461 g/mol. The lowest BCUT2D eigenvalue weighted by Gasteiger charge is -2.34. The summed E-state index contributed by atoms with van der Waals surface area (Å²) in [7, 11) is 0. The van der Waals surface area contributed by atoms with Crippen LogP contribution in [0.2, 0.25) is 0 Å². The quantitative estimate of drug-likeness (QED) is 0.551. The van der Waals surface area contributed by atoms with E-state index in [0.29, 0.717) is 0 Å². The van der Waals surface area contributed by atoms with Crippen molar-refractivity contribution in [2.75, 3.05) is 49.6 Å². The van der Waals surface area contributed by atoms with Crippen LogP contribution in [0.5, 0.6) is 0 Å². The summed E-state index contributed by atoms with van der Waals surface area (Å²) < 4.78 is 5.48. The van der Waals surface area contributed by atoms with Crippen LogP contribution in [0.3, 0.4) is 0 Å². The van der Waals surface area contributed by atoms with E-state index in [0.717, 1.165) is 73.9 Å². The molecule has 1 N–H and O–H groups in total. The number of benzene rings is 2. The van der Waals surface area contributed by atoms with Crippen molar-refractivity contribution in [2.45, 2.75) is 26.2 Å². The van der Waals surface area contributed by atoms with Gasteiger partial charge in [0.2, 0.25) is 0 Å². The number of hydrogen-bond acceptors (Lipinski definition) is 4. The van der Waals surface area contributed by atoms with Crippen LogP contribution in [0, 0.1) is 12.8 Å². The lowest BCUT2D eigenvalue weighted by molar-refractivity contribution is 0.122. The van der Waals surface area contributed by atoms with Crippen molar-refractivity contribution in [3.63, 3.8) is 0 Å². The van der Waals surface area contributed by atoms with E-state index in [1.54, 1.807) is 0 Å². The Morgan fingerprint density at radius 2 is 1.79 bits per heavy atom. The Hall–Kier alpha value is -2.70. The molecule has 2 aliphatic rings. The van der Waals surface area contributed by atoms with Gasteiger partial charge in [-0.05, 0) is 79.7 Å². The second-order valence-corrected chi connectivity index (χ2v) is 9.57. The van der Waals surface area contributed by atoms with E-state index in [9.17, 15) is 0 Å². The molecule has 5 nitrogen and oxygen atoms in total. The Kier molecular flexibility index (Phi) is 6.74. The minimum absolute atomic E-state index is 0.738. The summed E-state index contributed by atoms with van der Waals surface area (Å²) in [6.45, 7) is 7.52. The topological polar surface area (TPSA) is 40.6 Å². The highest BCUT2D eigenvalue weighted by atomic mass is 32.1. The largest absolute Gasteiger partial charge is 0.378 e. The van der Waals surface area contributed by atoms with E-state index < -0.39 is 0 Å². The Labute approximate surface area is 201 Å². The van der Waals surface area contributed by atoms with Crippen LogP contribution < -0.4 is 10.2 Å². The number of anilines is 2. The number of rotatable bonds is 4. The van der Waals surface area contributed by atoms with Crippen molar-refractivity contribution in [2.24, 2.45) is 5.92 Å². The third-order valence-electron chi connectivity index (χ3n) is 6.86. The molecule has 0 aliphatic carbocycles. The zero-order chi connectivity index (χ0) is 22.6. The van der Waals surface area contributed by atoms with Crippen LogP contribution in [0.15, 0.2) is 54.6 Å². The maximum Gasteiger partial charge on any atom is 0.173 e. The third kappa shape index (κ3) is 5.28. The first kappa shape index (κ1) is 22.1. The highest BCUT2D eigenvalue weighted by Crippen LogP contribution is 2.27. The number of hydrogen-bond donors (Lipinski definition) is 1. The summed E-state index contributed by atoms with van der Waals surface area (Å²) >= 11 is 5.77. The lowest BCUT2D eigenvalue weighted by Crippen LogP contribution is -2.41. The summed E-state index contributed by atoms with van der Waals surface area (Å²) in [6.07, 6.45) is 3.53. The van der Waals surface area contributed by atoms with Crippen LogP contribution in [-0.4, -0.2) is 54.4 Å². The second-order valence-electron chi connectivity index (χ2n) is 9.18. The van der Waals surface area contributed by atoms with Crippen molar-refractivity contribution < 1.29 is 4.74 Å². The standard InChI is InChI=1S/C27H32N4OS/c1-20-17-26(30-13-15-32-16-14-30)29-25-8-7-23(19-24(20)25)28-27(33)31-11-9-22(10-12-31)18-21-5-3-2-4-6-21/h2-8,17,19,22H,9-16,18H2,1H3,(H,28,33). The minimum atomic E-state index is 0.738. The number of aryl methyl sites for hydroxylation is 1. The van der Waals surface area contributed by atoms with Gasteiger partial charge >= 0.3 is 0 Å². The monoisotopic (exact) mass is 460 g/mol. The van der Waals surface area contributed by atoms with Crippen molar-refractivity contribution in [1.29, 1.82) is 0 Å². The van der Waals surface area contributed by atoms with Crippen LogP contribution in [0.1, 0.15) is 24.0 Å². The molecule has 0 unspecified atom stereocenters. The number of piperidine rings is 1. The maximum atomic E-state index is 5.77. The predicted octanol–water partition coefficient (Wildman–Crippen LogP) is 5.03. The Morgan fingerprint density at radius 3 is 2.55 bits per heavy atom. The summed E-state index contributed by atoms with van der Waals surface area (Å²) in [6, 6.07) is 19.4. The van der Waals surface area contributed by atoms with Crippen LogP contribution >= 0.6 is 12.2 Å². The molecule has 2 aliphatic heterocycles. The molecular formula is C27H32N4OS. The number of fused-ring (bicyclic) bond motifs is 1. The molecule has 2 aromatic carbocycles. The molecule has 0 atom stereocenters. The number of morpholine rings is 1. The van der Waals surface area contributed by atoms with Gasteiger partial charge in [-0.1, -0.05) is 30.3 Å². The molecule has 0 saturated carbocycles. The van der Waals surface area contributed by atoms with Crippen molar-refractivity contribution in [3.8, 4) is 0 Å². The first-order valence-electron chi connectivity index (χ1n) is 12.0.